The van der Waals surface area contributed by atoms with Gasteiger partial charge in [-0.05, 0) is 6.42 Å². The van der Waals surface area contributed by atoms with Crippen LogP contribution in [0.2, 0.25) is 0 Å². The largest absolute Gasteiger partial charge is 0.394 e. The third kappa shape index (κ3) is 4.52. The minimum atomic E-state index is -0.797. The van der Waals surface area contributed by atoms with Crippen molar-refractivity contribution in [3.63, 3.8) is 0 Å². The second-order valence-corrected chi connectivity index (χ2v) is 4.63. The Morgan fingerprint density at radius 2 is 1.84 bits per heavy atom. The SMILES string of the molecule is OCCOCCOCCOC(O)C1CC2C=CC1O2. The molecule has 1 saturated heterocycles. The second-order valence-electron chi connectivity index (χ2n) is 4.63. The molecule has 2 heterocycles. The Morgan fingerprint density at radius 1 is 1.11 bits per heavy atom. The van der Waals surface area contributed by atoms with Crippen molar-refractivity contribution in [1.29, 1.82) is 0 Å². The molecule has 0 aromatic heterocycles. The maximum atomic E-state index is 9.90. The van der Waals surface area contributed by atoms with E-state index in [-0.39, 0.29) is 24.7 Å². The summed E-state index contributed by atoms with van der Waals surface area (Å²) in [6, 6.07) is 0. The molecule has 2 N–H and O–H groups in total. The summed E-state index contributed by atoms with van der Waals surface area (Å²) >= 11 is 0. The van der Waals surface area contributed by atoms with Crippen molar-refractivity contribution in [3.05, 3.63) is 12.2 Å². The van der Waals surface area contributed by atoms with Crippen molar-refractivity contribution in [2.45, 2.75) is 24.9 Å². The van der Waals surface area contributed by atoms with Crippen LogP contribution in [0.4, 0.5) is 0 Å². The summed E-state index contributed by atoms with van der Waals surface area (Å²) in [5.74, 6) is 0.0305. The van der Waals surface area contributed by atoms with Gasteiger partial charge in [-0.3, -0.25) is 0 Å². The Morgan fingerprint density at radius 3 is 2.47 bits per heavy atom. The van der Waals surface area contributed by atoms with Gasteiger partial charge in [0, 0.05) is 5.92 Å². The van der Waals surface area contributed by atoms with E-state index in [9.17, 15) is 5.11 Å². The fourth-order valence-corrected chi connectivity index (χ4v) is 2.32. The van der Waals surface area contributed by atoms with Crippen LogP contribution in [-0.2, 0) is 18.9 Å². The zero-order valence-corrected chi connectivity index (χ0v) is 10.9. The molecular weight excluding hydrogens is 252 g/mol. The molecule has 6 heteroatoms. The van der Waals surface area contributed by atoms with E-state index in [0.717, 1.165) is 6.42 Å². The molecule has 0 aromatic rings. The number of rotatable bonds is 10. The summed E-state index contributed by atoms with van der Waals surface area (Å²) in [6.45, 7) is 2.02. The number of hydrogen-bond donors (Lipinski definition) is 2. The van der Waals surface area contributed by atoms with Gasteiger partial charge in [0.05, 0.1) is 51.8 Å². The first-order valence-electron chi connectivity index (χ1n) is 6.71. The first-order valence-corrected chi connectivity index (χ1v) is 6.71. The monoisotopic (exact) mass is 274 g/mol. The Labute approximate surface area is 112 Å². The fraction of sp³-hybridized carbons (Fsp3) is 0.846. The van der Waals surface area contributed by atoms with Gasteiger partial charge in [0.2, 0.25) is 0 Å². The summed E-state index contributed by atoms with van der Waals surface area (Å²) in [5.41, 5.74) is 0. The lowest BCUT2D eigenvalue weighted by Crippen LogP contribution is -2.31. The summed E-state index contributed by atoms with van der Waals surface area (Å²) in [7, 11) is 0. The highest BCUT2D eigenvalue weighted by atomic mass is 16.6. The van der Waals surface area contributed by atoms with E-state index in [1.807, 2.05) is 12.2 Å². The molecule has 2 aliphatic rings. The smallest absolute Gasteiger partial charge is 0.160 e. The topological polar surface area (TPSA) is 77.4 Å². The van der Waals surface area contributed by atoms with Gasteiger partial charge < -0.3 is 29.2 Å². The van der Waals surface area contributed by atoms with Gasteiger partial charge in [0.1, 0.15) is 0 Å². The van der Waals surface area contributed by atoms with Gasteiger partial charge in [-0.15, -0.1) is 0 Å². The summed E-state index contributed by atoms with van der Waals surface area (Å²) in [6.07, 6.45) is 4.18. The number of ether oxygens (including phenoxy) is 4. The standard InChI is InChI=1S/C13H22O6/c14-3-4-16-5-6-17-7-8-18-13(15)11-9-10-1-2-12(11)19-10/h1-2,10-15H,3-9H2. The van der Waals surface area contributed by atoms with Crippen LogP contribution in [0.15, 0.2) is 12.2 Å². The molecule has 0 aliphatic carbocycles. The molecular formula is C13H22O6. The molecule has 0 spiro atoms. The van der Waals surface area contributed by atoms with E-state index < -0.39 is 6.29 Å². The van der Waals surface area contributed by atoms with Crippen molar-refractivity contribution in [1.82, 2.24) is 0 Å². The number of aliphatic hydroxyl groups excluding tert-OH is 2. The Hall–Kier alpha value is -0.500. The minimum Gasteiger partial charge on any atom is -0.394 e. The predicted octanol–water partition coefficient (Wildman–Crippen LogP) is -0.310. The van der Waals surface area contributed by atoms with Crippen LogP contribution in [0.25, 0.3) is 0 Å². The molecule has 2 bridgehead atoms. The van der Waals surface area contributed by atoms with E-state index in [0.29, 0.717) is 33.0 Å². The summed E-state index contributed by atoms with van der Waals surface area (Å²) < 4.78 is 21.2. The molecule has 0 amide bonds. The van der Waals surface area contributed by atoms with Gasteiger partial charge in [0.15, 0.2) is 6.29 Å². The average Bonchev–Trinajstić information content (AvgIpc) is 3.04. The normalized spacial score (nSPS) is 30.1. The average molecular weight is 274 g/mol. The molecule has 2 rings (SSSR count). The molecule has 110 valence electrons. The van der Waals surface area contributed by atoms with Crippen LogP contribution in [-0.4, -0.2) is 68.4 Å². The second kappa shape index (κ2) is 7.94. The van der Waals surface area contributed by atoms with Crippen molar-refractivity contribution in [3.8, 4) is 0 Å². The lowest BCUT2D eigenvalue weighted by molar-refractivity contribution is -0.150. The van der Waals surface area contributed by atoms with Crippen molar-refractivity contribution >= 4 is 0 Å². The third-order valence-corrected chi connectivity index (χ3v) is 3.26. The van der Waals surface area contributed by atoms with Gasteiger partial charge in [-0.2, -0.15) is 0 Å². The number of fused-ring (bicyclic) bond motifs is 2. The number of hydrogen-bond acceptors (Lipinski definition) is 6. The molecule has 1 fully saturated rings. The van der Waals surface area contributed by atoms with E-state index in [4.69, 9.17) is 24.1 Å². The lowest BCUT2D eigenvalue weighted by Gasteiger charge is -2.22. The first-order chi connectivity index (χ1) is 9.31. The zero-order chi connectivity index (χ0) is 13.5. The predicted molar refractivity (Wildman–Crippen MR) is 66.6 cm³/mol. The van der Waals surface area contributed by atoms with Crippen molar-refractivity contribution in [2.24, 2.45) is 5.92 Å². The van der Waals surface area contributed by atoms with Crippen molar-refractivity contribution in [2.75, 3.05) is 39.6 Å². The van der Waals surface area contributed by atoms with Gasteiger partial charge in [-0.25, -0.2) is 0 Å². The Balaban J connectivity index is 1.46. The van der Waals surface area contributed by atoms with E-state index >= 15 is 0 Å². The number of aliphatic hydroxyl groups is 2. The van der Waals surface area contributed by atoms with Crippen LogP contribution in [0, 0.1) is 5.92 Å². The summed E-state index contributed by atoms with van der Waals surface area (Å²) in [4.78, 5) is 0. The highest BCUT2D eigenvalue weighted by molar-refractivity contribution is 5.11. The maximum absolute atomic E-state index is 9.90. The van der Waals surface area contributed by atoms with Crippen LogP contribution in [0.3, 0.4) is 0 Å². The highest BCUT2D eigenvalue weighted by Crippen LogP contribution is 2.35. The molecule has 6 nitrogen and oxygen atoms in total. The fourth-order valence-electron chi connectivity index (χ4n) is 2.32. The van der Waals surface area contributed by atoms with Crippen molar-refractivity contribution < 1.29 is 29.2 Å². The molecule has 0 aromatic carbocycles. The van der Waals surface area contributed by atoms with E-state index in [1.165, 1.54) is 0 Å². The Bertz CT molecular complexity index is 282. The van der Waals surface area contributed by atoms with Crippen LogP contribution >= 0.6 is 0 Å². The summed E-state index contributed by atoms with van der Waals surface area (Å²) in [5, 5.41) is 18.4. The molecule has 0 radical (unpaired) electrons. The first kappa shape index (κ1) is 14.9. The quantitative estimate of drug-likeness (QED) is 0.323. The third-order valence-electron chi connectivity index (χ3n) is 3.26. The van der Waals surface area contributed by atoms with Gasteiger partial charge in [0.25, 0.3) is 0 Å². The lowest BCUT2D eigenvalue weighted by atomic mass is 9.94. The highest BCUT2D eigenvalue weighted by Gasteiger charge is 2.41. The van der Waals surface area contributed by atoms with E-state index in [1.54, 1.807) is 0 Å². The van der Waals surface area contributed by atoms with Gasteiger partial charge >= 0.3 is 0 Å². The molecule has 19 heavy (non-hydrogen) atoms. The Kier molecular flexibility index (Phi) is 6.22. The minimum absolute atomic E-state index is 0.00667. The van der Waals surface area contributed by atoms with E-state index in [2.05, 4.69) is 0 Å². The molecule has 2 aliphatic heterocycles. The van der Waals surface area contributed by atoms with Crippen LogP contribution < -0.4 is 0 Å². The maximum Gasteiger partial charge on any atom is 0.160 e. The van der Waals surface area contributed by atoms with Crippen LogP contribution in [0.5, 0.6) is 0 Å². The zero-order valence-electron chi connectivity index (χ0n) is 10.9. The molecule has 4 atom stereocenters. The molecule has 4 unspecified atom stereocenters. The van der Waals surface area contributed by atoms with Crippen LogP contribution in [0.1, 0.15) is 6.42 Å². The molecule has 0 saturated carbocycles. The van der Waals surface area contributed by atoms with Gasteiger partial charge in [-0.1, -0.05) is 12.2 Å².